The van der Waals surface area contributed by atoms with E-state index in [2.05, 4.69) is 4.98 Å². The van der Waals surface area contributed by atoms with Crippen LogP contribution in [-0.4, -0.2) is 63.6 Å². The molecule has 1 aromatic heterocycles. The summed E-state index contributed by atoms with van der Waals surface area (Å²) in [4.78, 5) is 18.0. The zero-order chi connectivity index (χ0) is 20.1. The van der Waals surface area contributed by atoms with Crippen molar-refractivity contribution >= 4 is 16.9 Å². The van der Waals surface area contributed by atoms with E-state index in [-0.39, 0.29) is 19.1 Å². The summed E-state index contributed by atoms with van der Waals surface area (Å²) in [6.45, 7) is 5.00. The quantitative estimate of drug-likeness (QED) is 0.736. The van der Waals surface area contributed by atoms with Gasteiger partial charge in [-0.15, -0.1) is 0 Å². The molecular weight excluding hydrogens is 383 g/mol. The molecule has 0 spiro atoms. The molecule has 0 bridgehead atoms. The maximum Gasteiger partial charge on any atom is 0.219 e. The second-order valence-electron chi connectivity index (χ2n) is 7.29. The molecule has 1 aromatic rings. The van der Waals surface area contributed by atoms with Crippen LogP contribution in [0.15, 0.2) is 35.1 Å². The van der Waals surface area contributed by atoms with Crippen LogP contribution in [0.4, 0.5) is 4.39 Å². The number of hydrogen-bond acceptors (Lipinski definition) is 5. The van der Waals surface area contributed by atoms with Gasteiger partial charge in [0.2, 0.25) is 11.8 Å². The molecule has 2 saturated heterocycles. The monoisotopic (exact) mass is 410 g/mol. The molecule has 3 heterocycles. The number of amides is 1. The summed E-state index contributed by atoms with van der Waals surface area (Å²) in [5.41, 5.74) is 5.73. The third kappa shape index (κ3) is 4.95. The van der Waals surface area contributed by atoms with Crippen LogP contribution in [0.3, 0.4) is 0 Å². The molecule has 28 heavy (non-hydrogen) atoms. The average Bonchev–Trinajstić information content (AvgIpc) is 2.68. The molecule has 3 rings (SSSR count). The maximum atomic E-state index is 12.8. The minimum atomic E-state index is -1.26. The lowest BCUT2D eigenvalue weighted by Crippen LogP contribution is -2.53. The van der Waals surface area contributed by atoms with E-state index in [0.717, 1.165) is 39.0 Å². The zero-order valence-electron chi connectivity index (χ0n) is 16.1. The largest absolute Gasteiger partial charge is 0.473 e. The highest BCUT2D eigenvalue weighted by atomic mass is 32.2. The predicted molar refractivity (Wildman–Crippen MR) is 104 cm³/mol. The normalized spacial score (nSPS) is 20.7. The molecule has 154 valence electrons. The summed E-state index contributed by atoms with van der Waals surface area (Å²) in [5, 5.41) is 0. The number of nitrogens with zero attached hydrogens (tertiary/aromatic N) is 3. The lowest BCUT2D eigenvalue weighted by Gasteiger charge is -2.45. The fourth-order valence-corrected chi connectivity index (χ4v) is 4.75. The molecule has 1 amide bonds. The van der Waals surface area contributed by atoms with E-state index >= 15 is 0 Å². The van der Waals surface area contributed by atoms with Gasteiger partial charge in [0.25, 0.3) is 0 Å². The second-order valence-corrected chi connectivity index (χ2v) is 8.78. The molecule has 0 aromatic carbocycles. The van der Waals surface area contributed by atoms with E-state index in [1.54, 1.807) is 19.1 Å². The summed E-state index contributed by atoms with van der Waals surface area (Å²) in [7, 11) is -1.26. The topological polar surface area (TPSA) is 88.8 Å². The van der Waals surface area contributed by atoms with Crippen LogP contribution in [0.1, 0.15) is 19.8 Å². The van der Waals surface area contributed by atoms with Crippen molar-refractivity contribution in [2.45, 2.75) is 24.7 Å². The van der Waals surface area contributed by atoms with Crippen molar-refractivity contribution < 1.29 is 18.1 Å². The van der Waals surface area contributed by atoms with Crippen LogP contribution in [0.2, 0.25) is 0 Å². The summed E-state index contributed by atoms with van der Waals surface area (Å²) in [5.74, 6) is 1.66. The number of hydrogen-bond donors (Lipinski definition) is 1. The number of aromatic nitrogens is 1. The van der Waals surface area contributed by atoms with Gasteiger partial charge in [0.05, 0.1) is 11.2 Å². The van der Waals surface area contributed by atoms with Crippen LogP contribution in [-0.2, 0) is 15.8 Å². The van der Waals surface area contributed by atoms with E-state index in [1.807, 2.05) is 9.21 Å². The number of ether oxygens (including phenoxy) is 1. The molecule has 1 atom stereocenters. The molecule has 2 aliphatic rings. The predicted octanol–water partition coefficient (Wildman–Crippen LogP) is 1.49. The van der Waals surface area contributed by atoms with Crippen molar-refractivity contribution in [3.8, 4) is 5.88 Å². The van der Waals surface area contributed by atoms with Crippen LogP contribution < -0.4 is 10.5 Å². The van der Waals surface area contributed by atoms with Crippen LogP contribution >= 0.6 is 0 Å². The third-order valence-electron chi connectivity index (χ3n) is 5.49. The Labute approximate surface area is 167 Å². The Bertz CT molecular complexity index is 729. The molecule has 7 nitrogen and oxygen atoms in total. The van der Waals surface area contributed by atoms with Crippen molar-refractivity contribution in [1.29, 1.82) is 0 Å². The average molecular weight is 411 g/mol. The van der Waals surface area contributed by atoms with Gasteiger partial charge in [-0.05, 0) is 30.7 Å². The Morgan fingerprint density at radius 3 is 2.61 bits per heavy atom. The molecule has 0 saturated carbocycles. The minimum Gasteiger partial charge on any atom is -0.473 e. The maximum absolute atomic E-state index is 12.8. The minimum absolute atomic E-state index is 0.0399. The first kappa shape index (κ1) is 20.9. The molecule has 2 N–H and O–H groups in total. The van der Waals surface area contributed by atoms with Crippen molar-refractivity contribution in [2.24, 2.45) is 17.6 Å². The second kappa shape index (κ2) is 9.58. The van der Waals surface area contributed by atoms with E-state index in [1.165, 1.54) is 6.20 Å². The van der Waals surface area contributed by atoms with Gasteiger partial charge in [-0.2, -0.15) is 0 Å². The van der Waals surface area contributed by atoms with Gasteiger partial charge < -0.3 is 15.4 Å². The molecule has 0 aliphatic carbocycles. The molecular formula is C19H27FN4O3S. The van der Waals surface area contributed by atoms with Gasteiger partial charge >= 0.3 is 0 Å². The highest BCUT2D eigenvalue weighted by Crippen LogP contribution is 2.32. The highest BCUT2D eigenvalue weighted by molar-refractivity contribution is 7.82. The van der Waals surface area contributed by atoms with Gasteiger partial charge in [0.1, 0.15) is 17.6 Å². The van der Waals surface area contributed by atoms with Gasteiger partial charge in [-0.25, -0.2) is 17.9 Å². The van der Waals surface area contributed by atoms with E-state index < -0.39 is 11.0 Å². The van der Waals surface area contributed by atoms with Crippen molar-refractivity contribution in [3.63, 3.8) is 0 Å². The smallest absolute Gasteiger partial charge is 0.219 e. The number of carbonyl (C=O) groups is 1. The van der Waals surface area contributed by atoms with Crippen LogP contribution in [0.5, 0.6) is 5.88 Å². The highest BCUT2D eigenvalue weighted by Gasteiger charge is 2.37. The molecule has 0 radical (unpaired) electrons. The number of halogens is 1. The van der Waals surface area contributed by atoms with Crippen molar-refractivity contribution in [2.75, 3.05) is 39.3 Å². The lowest BCUT2D eigenvalue weighted by molar-refractivity contribution is -0.136. The van der Waals surface area contributed by atoms with Gasteiger partial charge in [-0.3, -0.25) is 4.79 Å². The van der Waals surface area contributed by atoms with Gasteiger partial charge in [0, 0.05) is 57.5 Å². The summed E-state index contributed by atoms with van der Waals surface area (Å²) in [6, 6.07) is 3.36. The van der Waals surface area contributed by atoms with Gasteiger partial charge in [-0.1, -0.05) is 0 Å². The summed E-state index contributed by atoms with van der Waals surface area (Å²) >= 11 is 0. The first-order valence-corrected chi connectivity index (χ1v) is 10.6. The fourth-order valence-electron chi connectivity index (χ4n) is 3.59. The number of nitrogens with two attached hydrogens (primary N) is 1. The number of carbonyl (C=O) groups excluding carboxylic acids is 1. The van der Waals surface area contributed by atoms with E-state index in [4.69, 9.17) is 10.5 Å². The SMILES string of the molecule is CC(=O)N1CC(C2CCN(S(=O)c3ccc(OC/C(=C\F)CN)nc3)CC2)C1. The Hall–Kier alpha value is -1.84. The van der Waals surface area contributed by atoms with E-state index in [9.17, 15) is 13.4 Å². The lowest BCUT2D eigenvalue weighted by atomic mass is 9.80. The zero-order valence-corrected chi connectivity index (χ0v) is 16.9. The number of piperidine rings is 1. The third-order valence-corrected chi connectivity index (χ3v) is 6.97. The van der Waals surface area contributed by atoms with E-state index in [0.29, 0.717) is 34.5 Å². The molecule has 2 fully saturated rings. The molecule has 1 unspecified atom stereocenters. The standard InChI is InChI=1S/C19H27FN4O3S/c1-14(25)23-11-17(12-23)16-4-6-24(7-5-16)28(26)18-2-3-19(22-10-18)27-13-15(8-20)9-21/h2-3,8,10,16-17H,4-7,9,11-13,21H2,1H3/b15-8-. The van der Waals surface area contributed by atoms with Crippen molar-refractivity contribution in [3.05, 3.63) is 30.2 Å². The first-order valence-electron chi connectivity index (χ1n) is 9.51. The summed E-state index contributed by atoms with van der Waals surface area (Å²) < 4.78 is 32.6. The summed E-state index contributed by atoms with van der Waals surface area (Å²) in [6.07, 6.45) is 3.96. The fraction of sp³-hybridized carbons (Fsp3) is 0.579. The first-order chi connectivity index (χ1) is 13.5. The Morgan fingerprint density at radius 1 is 1.36 bits per heavy atom. The Balaban J connectivity index is 1.46. The van der Waals surface area contributed by atoms with Crippen molar-refractivity contribution in [1.82, 2.24) is 14.2 Å². The molecule has 9 heteroatoms. The number of likely N-dealkylation sites (tertiary alicyclic amines) is 1. The van der Waals surface area contributed by atoms with Crippen LogP contribution in [0, 0.1) is 11.8 Å². The Kier molecular flexibility index (Phi) is 7.14. The Morgan fingerprint density at radius 2 is 2.07 bits per heavy atom. The number of rotatable bonds is 7. The molecule has 2 aliphatic heterocycles. The van der Waals surface area contributed by atoms with Gasteiger partial charge in [0.15, 0.2) is 0 Å². The van der Waals surface area contributed by atoms with Crippen LogP contribution in [0.25, 0.3) is 0 Å². The number of pyridine rings is 1.